The first-order chi connectivity index (χ1) is 27.3. The summed E-state index contributed by atoms with van der Waals surface area (Å²) in [6.45, 7) is 0. The van der Waals surface area contributed by atoms with Crippen molar-refractivity contribution in [2.75, 3.05) is 4.90 Å². The summed E-state index contributed by atoms with van der Waals surface area (Å²) in [4.78, 5) is 2.44. The Morgan fingerprint density at radius 1 is 0.273 bits per heavy atom. The Labute approximate surface area is 321 Å². The zero-order valence-electron chi connectivity index (χ0n) is 30.2. The number of para-hydroxylation sites is 1. The van der Waals surface area contributed by atoms with E-state index in [9.17, 15) is 0 Å². The molecule has 0 aromatic heterocycles. The molecule has 9 aromatic carbocycles. The average molecular weight is 698 g/mol. The van der Waals surface area contributed by atoms with Gasteiger partial charge in [-0.25, -0.2) is 0 Å². The molecule has 12 rings (SSSR count). The minimum absolute atomic E-state index is 0.539. The average Bonchev–Trinajstić information content (AvgIpc) is 3.27. The van der Waals surface area contributed by atoms with Crippen molar-refractivity contribution in [2.45, 2.75) is 10.8 Å². The summed E-state index contributed by atoms with van der Waals surface area (Å²) in [5.41, 5.74) is 18.2. The molecule has 3 aliphatic carbocycles. The Hall–Kier alpha value is -6.96. The van der Waals surface area contributed by atoms with Crippen LogP contribution in [0, 0.1) is 0 Å². The van der Waals surface area contributed by atoms with E-state index < -0.39 is 10.8 Å². The third-order valence-electron chi connectivity index (χ3n) is 12.8. The highest BCUT2D eigenvalue weighted by molar-refractivity contribution is 6.02. The van der Waals surface area contributed by atoms with Crippen LogP contribution in [0.3, 0.4) is 0 Å². The number of hydrogen-bond acceptors (Lipinski definition) is 1. The molecule has 0 aliphatic heterocycles. The molecule has 0 unspecified atom stereocenters. The minimum Gasteiger partial charge on any atom is -0.310 e. The molecular weight excluding hydrogens is 663 g/mol. The van der Waals surface area contributed by atoms with Crippen LogP contribution >= 0.6 is 0 Å². The van der Waals surface area contributed by atoms with Crippen molar-refractivity contribution in [3.63, 3.8) is 0 Å². The van der Waals surface area contributed by atoms with Crippen molar-refractivity contribution in [1.29, 1.82) is 0 Å². The van der Waals surface area contributed by atoms with Gasteiger partial charge in [-0.3, -0.25) is 0 Å². The van der Waals surface area contributed by atoms with Crippen molar-refractivity contribution in [3.8, 4) is 33.4 Å². The number of fused-ring (bicyclic) bond motifs is 10. The molecular formula is C54H35N. The van der Waals surface area contributed by atoms with Crippen LogP contribution in [-0.2, 0) is 10.8 Å². The lowest BCUT2D eigenvalue weighted by Crippen LogP contribution is -2.58. The van der Waals surface area contributed by atoms with Crippen LogP contribution in [0.25, 0.3) is 44.2 Å². The van der Waals surface area contributed by atoms with Gasteiger partial charge < -0.3 is 4.90 Å². The van der Waals surface area contributed by atoms with Crippen LogP contribution in [0.5, 0.6) is 0 Å². The SMILES string of the molecule is c1ccc(N(c2ccc3c(c2)-c2ccccc2C24c5ccccc5-c5ccccc5C32c2ccccc2-c2ccccc24)c2cccc3ccccc23)cc1. The van der Waals surface area contributed by atoms with E-state index in [-0.39, 0.29) is 0 Å². The zero-order valence-corrected chi connectivity index (χ0v) is 30.2. The number of rotatable bonds is 3. The standard InChI is InChI=1S/C54H35N/c1-2-19-37(20-3-1)55(52-32-16-18-36-17-4-5-21-39(36)52)38-33-34-51-45(35-38)44-26-10-15-31-50(44)53-46-27-11-6-22-40(46)42-24-8-13-29-48(42)54(51,53)49-30-14-9-25-43(49)41-23-7-12-28-47(41)53/h1-35H. The van der Waals surface area contributed by atoms with E-state index in [0.29, 0.717) is 0 Å². The first kappa shape index (κ1) is 30.5. The second kappa shape index (κ2) is 11.3. The summed E-state index contributed by atoms with van der Waals surface area (Å²) in [6.07, 6.45) is 0. The van der Waals surface area contributed by atoms with E-state index >= 15 is 0 Å². The second-order valence-corrected chi connectivity index (χ2v) is 15.1. The Kier molecular flexibility index (Phi) is 6.25. The Balaban J connectivity index is 1.26. The zero-order chi connectivity index (χ0) is 36.1. The predicted molar refractivity (Wildman–Crippen MR) is 228 cm³/mol. The summed E-state index contributed by atoms with van der Waals surface area (Å²) >= 11 is 0. The monoisotopic (exact) mass is 697 g/mol. The summed E-state index contributed by atoms with van der Waals surface area (Å²) in [5.74, 6) is 0. The fraction of sp³-hybridized carbons (Fsp3) is 0.0370. The first-order valence-corrected chi connectivity index (χ1v) is 19.3. The third kappa shape index (κ3) is 3.77. The summed E-state index contributed by atoms with van der Waals surface area (Å²) in [5, 5.41) is 2.45. The van der Waals surface area contributed by atoms with Crippen molar-refractivity contribution in [3.05, 3.63) is 246 Å². The lowest BCUT2D eigenvalue weighted by molar-refractivity contribution is 0.405. The van der Waals surface area contributed by atoms with E-state index in [1.54, 1.807) is 0 Å². The van der Waals surface area contributed by atoms with Gasteiger partial charge >= 0.3 is 0 Å². The van der Waals surface area contributed by atoms with Gasteiger partial charge in [0.05, 0.1) is 16.5 Å². The highest BCUT2D eigenvalue weighted by Gasteiger charge is 2.66. The molecule has 9 aromatic rings. The molecule has 0 amide bonds. The van der Waals surface area contributed by atoms with Gasteiger partial charge in [0, 0.05) is 16.8 Å². The van der Waals surface area contributed by atoms with E-state index in [0.717, 1.165) is 17.1 Å². The maximum atomic E-state index is 2.48. The number of benzene rings is 9. The van der Waals surface area contributed by atoms with Crippen LogP contribution in [0.1, 0.15) is 33.4 Å². The summed E-state index contributed by atoms with van der Waals surface area (Å²) in [6, 6.07) is 79.7. The molecule has 0 saturated carbocycles. The molecule has 0 bridgehead atoms. The molecule has 0 saturated heterocycles. The van der Waals surface area contributed by atoms with Gasteiger partial charge in [-0.2, -0.15) is 0 Å². The molecule has 256 valence electrons. The van der Waals surface area contributed by atoms with E-state index in [2.05, 4.69) is 217 Å². The molecule has 0 spiro atoms. The van der Waals surface area contributed by atoms with E-state index in [1.807, 2.05) is 0 Å². The van der Waals surface area contributed by atoms with Gasteiger partial charge in [-0.05, 0) is 102 Å². The molecule has 0 radical (unpaired) electrons. The van der Waals surface area contributed by atoms with Crippen molar-refractivity contribution in [2.24, 2.45) is 0 Å². The van der Waals surface area contributed by atoms with Crippen molar-refractivity contribution >= 4 is 27.8 Å². The number of hydrogen-bond donors (Lipinski definition) is 0. The van der Waals surface area contributed by atoms with Gasteiger partial charge in [-0.15, -0.1) is 0 Å². The number of anilines is 3. The van der Waals surface area contributed by atoms with Gasteiger partial charge in [0.2, 0.25) is 0 Å². The highest BCUT2D eigenvalue weighted by atomic mass is 15.1. The molecule has 55 heavy (non-hydrogen) atoms. The normalized spacial score (nSPS) is 18.0. The molecule has 0 fully saturated rings. The molecule has 0 atom stereocenters. The molecule has 3 aliphatic rings. The Morgan fingerprint density at radius 3 is 1.20 bits per heavy atom. The Bertz CT molecular complexity index is 2910. The predicted octanol–water partition coefficient (Wildman–Crippen LogP) is 13.6. The quantitative estimate of drug-likeness (QED) is 0.178. The first-order valence-electron chi connectivity index (χ1n) is 19.3. The molecule has 0 N–H and O–H groups in total. The minimum atomic E-state index is -0.567. The second-order valence-electron chi connectivity index (χ2n) is 15.1. The van der Waals surface area contributed by atoms with Crippen LogP contribution in [0.2, 0.25) is 0 Å². The fourth-order valence-electron chi connectivity index (χ4n) is 10.9. The van der Waals surface area contributed by atoms with Crippen LogP contribution in [0.15, 0.2) is 212 Å². The van der Waals surface area contributed by atoms with Crippen LogP contribution in [0.4, 0.5) is 17.1 Å². The third-order valence-corrected chi connectivity index (χ3v) is 12.8. The lowest BCUT2D eigenvalue weighted by atomic mass is 9.38. The Morgan fingerprint density at radius 2 is 0.673 bits per heavy atom. The maximum absolute atomic E-state index is 2.48. The van der Waals surface area contributed by atoms with E-state index in [1.165, 1.54) is 77.5 Å². The number of nitrogens with zero attached hydrogens (tertiary/aromatic N) is 1. The summed E-state index contributed by atoms with van der Waals surface area (Å²) < 4.78 is 0. The maximum Gasteiger partial charge on any atom is 0.0647 e. The van der Waals surface area contributed by atoms with Gasteiger partial charge in [0.25, 0.3) is 0 Å². The van der Waals surface area contributed by atoms with Gasteiger partial charge in [0.15, 0.2) is 0 Å². The van der Waals surface area contributed by atoms with Crippen LogP contribution in [-0.4, -0.2) is 0 Å². The fourth-order valence-corrected chi connectivity index (χ4v) is 10.9. The summed E-state index contributed by atoms with van der Waals surface area (Å²) in [7, 11) is 0. The van der Waals surface area contributed by atoms with Crippen molar-refractivity contribution in [1.82, 2.24) is 0 Å². The molecule has 0 heterocycles. The van der Waals surface area contributed by atoms with E-state index in [4.69, 9.17) is 0 Å². The smallest absolute Gasteiger partial charge is 0.0647 e. The topological polar surface area (TPSA) is 3.24 Å². The molecule has 1 heteroatoms. The van der Waals surface area contributed by atoms with Crippen molar-refractivity contribution < 1.29 is 0 Å². The lowest BCUT2D eigenvalue weighted by Gasteiger charge is -2.62. The van der Waals surface area contributed by atoms with Crippen LogP contribution < -0.4 is 4.90 Å². The van der Waals surface area contributed by atoms with Gasteiger partial charge in [-0.1, -0.05) is 182 Å². The largest absolute Gasteiger partial charge is 0.310 e. The van der Waals surface area contributed by atoms with Gasteiger partial charge in [0.1, 0.15) is 0 Å². The molecule has 1 nitrogen and oxygen atoms in total. The highest BCUT2D eigenvalue weighted by Crippen LogP contribution is 2.73.